The first-order valence-corrected chi connectivity index (χ1v) is 7.35. The van der Waals surface area contributed by atoms with Gasteiger partial charge in [0, 0.05) is 42.1 Å². The van der Waals surface area contributed by atoms with Gasteiger partial charge in [-0.25, -0.2) is 4.98 Å². The highest BCUT2D eigenvalue weighted by molar-refractivity contribution is 6.30. The predicted octanol–water partition coefficient (Wildman–Crippen LogP) is 3.54. The molecule has 0 aliphatic heterocycles. The zero-order valence-corrected chi connectivity index (χ0v) is 13.7. The van der Waals surface area contributed by atoms with Crippen molar-refractivity contribution >= 4 is 11.6 Å². The van der Waals surface area contributed by atoms with Crippen LogP contribution >= 0.6 is 11.6 Å². The van der Waals surface area contributed by atoms with Gasteiger partial charge in [0.05, 0.1) is 0 Å². The van der Waals surface area contributed by atoms with E-state index in [4.69, 9.17) is 16.3 Å². The minimum atomic E-state index is 0.0409. The fourth-order valence-corrected chi connectivity index (χ4v) is 2.06. The van der Waals surface area contributed by atoms with Gasteiger partial charge in [0.2, 0.25) is 0 Å². The Hall–Kier alpha value is -1.52. The third-order valence-electron chi connectivity index (χ3n) is 3.11. The lowest BCUT2D eigenvalue weighted by Gasteiger charge is -2.21. The molecule has 0 aliphatic carbocycles. The van der Waals surface area contributed by atoms with Crippen molar-refractivity contribution < 1.29 is 4.74 Å². The average molecular weight is 308 g/mol. The van der Waals surface area contributed by atoms with E-state index in [9.17, 15) is 0 Å². The molecule has 114 valence electrons. The van der Waals surface area contributed by atoms with Gasteiger partial charge in [-0.05, 0) is 39.0 Å². The van der Waals surface area contributed by atoms with E-state index < -0.39 is 0 Å². The Morgan fingerprint density at radius 1 is 1.33 bits per heavy atom. The molecule has 0 bridgehead atoms. The molecule has 0 saturated carbocycles. The summed E-state index contributed by atoms with van der Waals surface area (Å²) in [7, 11) is 1.95. The van der Waals surface area contributed by atoms with Crippen molar-refractivity contribution in [1.29, 1.82) is 0 Å². The highest BCUT2D eigenvalue weighted by Gasteiger charge is 2.12. The van der Waals surface area contributed by atoms with Crippen LogP contribution in [0, 0.1) is 0 Å². The fourth-order valence-electron chi connectivity index (χ4n) is 1.87. The zero-order valence-electron chi connectivity index (χ0n) is 13.0. The molecule has 21 heavy (non-hydrogen) atoms. The Morgan fingerprint density at radius 3 is 2.71 bits per heavy atom. The van der Waals surface area contributed by atoms with Gasteiger partial charge < -0.3 is 14.6 Å². The molecule has 0 atom stereocenters. The highest BCUT2D eigenvalue weighted by Crippen LogP contribution is 2.24. The van der Waals surface area contributed by atoms with E-state index in [1.807, 2.05) is 36.0 Å². The Morgan fingerprint density at radius 2 is 2.10 bits per heavy atom. The van der Waals surface area contributed by atoms with Crippen LogP contribution in [0.2, 0.25) is 5.02 Å². The lowest BCUT2D eigenvalue weighted by molar-refractivity contribution is 0.286. The number of rotatable bonds is 5. The molecule has 2 aromatic rings. The van der Waals surface area contributed by atoms with Gasteiger partial charge in [-0.2, -0.15) is 0 Å². The van der Waals surface area contributed by atoms with Crippen LogP contribution in [0.3, 0.4) is 0 Å². The number of aryl methyl sites for hydroxylation is 1. The fraction of sp³-hybridized carbons (Fsp3) is 0.438. The number of aromatic nitrogens is 2. The SMILES string of the molecule is Cn1ccnc1COc1ccc(Cl)cc1CNC(C)(C)C. The Kier molecular flexibility index (Phi) is 4.91. The molecular weight excluding hydrogens is 286 g/mol. The summed E-state index contributed by atoms with van der Waals surface area (Å²) in [5.74, 6) is 1.72. The lowest BCUT2D eigenvalue weighted by Crippen LogP contribution is -2.35. The van der Waals surface area contributed by atoms with E-state index in [0.717, 1.165) is 17.1 Å². The van der Waals surface area contributed by atoms with Gasteiger partial charge in [-0.3, -0.25) is 0 Å². The third-order valence-corrected chi connectivity index (χ3v) is 3.34. The standard InChI is InChI=1S/C16H22ClN3O/c1-16(2,3)19-10-12-9-13(17)5-6-14(12)21-11-15-18-7-8-20(15)4/h5-9,19H,10-11H2,1-4H3. The second kappa shape index (κ2) is 6.50. The molecule has 1 aromatic carbocycles. The first-order valence-electron chi connectivity index (χ1n) is 6.97. The monoisotopic (exact) mass is 307 g/mol. The van der Waals surface area contributed by atoms with Crippen LogP contribution in [0.15, 0.2) is 30.6 Å². The molecule has 0 saturated heterocycles. The van der Waals surface area contributed by atoms with Crippen molar-refractivity contribution in [1.82, 2.24) is 14.9 Å². The second-order valence-corrected chi connectivity index (χ2v) is 6.54. The summed E-state index contributed by atoms with van der Waals surface area (Å²) in [6.07, 6.45) is 3.67. The number of nitrogens with zero attached hydrogens (tertiary/aromatic N) is 2. The lowest BCUT2D eigenvalue weighted by atomic mass is 10.1. The molecular formula is C16H22ClN3O. The maximum Gasteiger partial charge on any atom is 0.146 e. The third kappa shape index (κ3) is 4.76. The number of ether oxygens (including phenoxy) is 1. The minimum Gasteiger partial charge on any atom is -0.485 e. The summed E-state index contributed by atoms with van der Waals surface area (Å²) in [4.78, 5) is 4.26. The molecule has 1 heterocycles. The molecule has 0 unspecified atom stereocenters. The summed E-state index contributed by atoms with van der Waals surface area (Å²) in [6, 6.07) is 5.69. The van der Waals surface area contributed by atoms with Crippen LogP contribution in [0.25, 0.3) is 0 Å². The van der Waals surface area contributed by atoms with Crippen LogP contribution in [0.4, 0.5) is 0 Å². The summed E-state index contributed by atoms with van der Waals surface area (Å²) < 4.78 is 7.85. The van der Waals surface area contributed by atoms with Crippen molar-refractivity contribution in [2.24, 2.45) is 7.05 Å². The minimum absolute atomic E-state index is 0.0409. The number of hydrogen-bond acceptors (Lipinski definition) is 3. The maximum absolute atomic E-state index is 6.09. The number of imidazole rings is 1. The van der Waals surface area contributed by atoms with E-state index in [1.54, 1.807) is 6.20 Å². The quantitative estimate of drug-likeness (QED) is 0.918. The Balaban J connectivity index is 2.09. The van der Waals surface area contributed by atoms with E-state index in [2.05, 4.69) is 31.1 Å². The van der Waals surface area contributed by atoms with Crippen LogP contribution < -0.4 is 10.1 Å². The van der Waals surface area contributed by atoms with Gasteiger partial charge in [-0.15, -0.1) is 0 Å². The van der Waals surface area contributed by atoms with Crippen molar-refractivity contribution in [3.05, 3.63) is 47.0 Å². The summed E-state index contributed by atoms with van der Waals surface area (Å²) in [5.41, 5.74) is 1.09. The van der Waals surface area contributed by atoms with Crippen LogP contribution in [0.1, 0.15) is 32.2 Å². The molecule has 0 fully saturated rings. The molecule has 0 aliphatic rings. The summed E-state index contributed by atoms with van der Waals surface area (Å²) in [5, 5.41) is 4.16. The van der Waals surface area contributed by atoms with Crippen LogP contribution in [-0.4, -0.2) is 15.1 Å². The van der Waals surface area contributed by atoms with Crippen LogP contribution in [-0.2, 0) is 20.2 Å². The molecule has 0 spiro atoms. The van der Waals surface area contributed by atoms with Gasteiger partial charge >= 0.3 is 0 Å². The predicted molar refractivity (Wildman–Crippen MR) is 85.6 cm³/mol. The van der Waals surface area contributed by atoms with Gasteiger partial charge in [-0.1, -0.05) is 11.6 Å². The Bertz CT molecular complexity index is 602. The number of nitrogens with one attached hydrogen (secondary N) is 1. The van der Waals surface area contributed by atoms with E-state index in [0.29, 0.717) is 18.2 Å². The summed E-state index contributed by atoms with van der Waals surface area (Å²) in [6.45, 7) is 7.54. The van der Waals surface area contributed by atoms with Crippen molar-refractivity contribution in [2.75, 3.05) is 0 Å². The Labute approximate surface area is 131 Å². The topological polar surface area (TPSA) is 39.1 Å². The molecule has 5 heteroatoms. The van der Waals surface area contributed by atoms with Crippen molar-refractivity contribution in [3.8, 4) is 5.75 Å². The first-order chi connectivity index (χ1) is 9.85. The summed E-state index contributed by atoms with van der Waals surface area (Å²) >= 11 is 6.09. The largest absolute Gasteiger partial charge is 0.485 e. The number of halogens is 1. The van der Waals surface area contributed by atoms with E-state index in [1.165, 1.54) is 0 Å². The zero-order chi connectivity index (χ0) is 15.5. The van der Waals surface area contributed by atoms with Crippen molar-refractivity contribution in [2.45, 2.75) is 39.5 Å². The van der Waals surface area contributed by atoms with Crippen LogP contribution in [0.5, 0.6) is 5.75 Å². The van der Waals surface area contributed by atoms with E-state index >= 15 is 0 Å². The normalized spacial score (nSPS) is 11.7. The molecule has 1 aromatic heterocycles. The molecule has 0 amide bonds. The van der Waals surface area contributed by atoms with Gasteiger partial charge in [0.15, 0.2) is 0 Å². The molecule has 0 radical (unpaired) electrons. The molecule has 4 nitrogen and oxygen atoms in total. The number of benzene rings is 1. The molecule has 2 rings (SSSR count). The molecule has 1 N–H and O–H groups in total. The smallest absolute Gasteiger partial charge is 0.146 e. The van der Waals surface area contributed by atoms with Gasteiger partial charge in [0.25, 0.3) is 0 Å². The van der Waals surface area contributed by atoms with Crippen molar-refractivity contribution in [3.63, 3.8) is 0 Å². The maximum atomic E-state index is 6.09. The van der Waals surface area contributed by atoms with Gasteiger partial charge in [0.1, 0.15) is 18.2 Å². The first kappa shape index (κ1) is 15.9. The average Bonchev–Trinajstić information content (AvgIpc) is 2.80. The van der Waals surface area contributed by atoms with E-state index in [-0.39, 0.29) is 5.54 Å². The second-order valence-electron chi connectivity index (χ2n) is 6.10. The highest BCUT2D eigenvalue weighted by atomic mass is 35.5. The number of hydrogen-bond donors (Lipinski definition) is 1.